The van der Waals surface area contributed by atoms with Gasteiger partial charge >= 0.3 is 6.09 Å². The van der Waals surface area contributed by atoms with E-state index in [4.69, 9.17) is 9.47 Å². The number of aryl methyl sites for hydroxylation is 3. The van der Waals surface area contributed by atoms with Gasteiger partial charge in [0, 0.05) is 24.7 Å². The van der Waals surface area contributed by atoms with Crippen molar-refractivity contribution >= 4 is 27.9 Å². The molecule has 1 unspecified atom stereocenters. The van der Waals surface area contributed by atoms with E-state index in [9.17, 15) is 9.59 Å². The monoisotopic (exact) mass is 440 g/mol. The number of aromatic amines is 1. The summed E-state index contributed by atoms with van der Waals surface area (Å²) >= 11 is 0. The van der Waals surface area contributed by atoms with Gasteiger partial charge < -0.3 is 19.4 Å². The molecule has 1 aromatic carbocycles. The minimum atomic E-state index is -0.581. The third-order valence-electron chi connectivity index (χ3n) is 6.00. The number of H-pyrrole nitrogens is 1. The number of nitrogens with zero attached hydrogens (tertiary/aromatic N) is 2. The van der Waals surface area contributed by atoms with Gasteiger partial charge in [0.2, 0.25) is 0 Å². The average molecular weight is 441 g/mol. The number of carbonyl (C=O) groups is 1. The topological polar surface area (TPSA) is 98.2 Å². The molecule has 0 aliphatic heterocycles. The predicted molar refractivity (Wildman–Crippen MR) is 124 cm³/mol. The molecule has 0 fully saturated rings. The Labute approximate surface area is 187 Å². The van der Waals surface area contributed by atoms with Crippen LogP contribution in [0.4, 0.5) is 4.79 Å². The smallest absolute Gasteiger partial charge is 0.407 e. The number of alkyl carbamates (subject to hydrolysis) is 1. The van der Waals surface area contributed by atoms with Crippen LogP contribution in [0.1, 0.15) is 50.4 Å². The van der Waals surface area contributed by atoms with Crippen molar-refractivity contribution in [3.8, 4) is 0 Å². The zero-order valence-corrected chi connectivity index (χ0v) is 19.5. The number of nitrogens with one attached hydrogen (secondary N) is 2. The molecule has 0 spiro atoms. The maximum Gasteiger partial charge on any atom is 0.407 e. The van der Waals surface area contributed by atoms with Crippen LogP contribution in [0.3, 0.4) is 0 Å². The average Bonchev–Trinajstić information content (AvgIpc) is 3.13. The minimum Gasteiger partial charge on any atom is -0.444 e. The van der Waals surface area contributed by atoms with Gasteiger partial charge in [-0.15, -0.1) is 0 Å². The number of fused-ring (bicyclic) bond motifs is 4. The Hall–Kier alpha value is -2.87. The van der Waals surface area contributed by atoms with Crippen molar-refractivity contribution in [2.24, 2.45) is 0 Å². The number of ether oxygens (including phenoxy) is 2. The Kier molecular flexibility index (Phi) is 5.99. The first-order valence-electron chi connectivity index (χ1n) is 11.2. The van der Waals surface area contributed by atoms with Crippen LogP contribution in [0.2, 0.25) is 0 Å². The lowest BCUT2D eigenvalue weighted by Gasteiger charge is -2.23. The summed E-state index contributed by atoms with van der Waals surface area (Å²) in [4.78, 5) is 25.6. The largest absolute Gasteiger partial charge is 0.444 e. The van der Waals surface area contributed by atoms with Gasteiger partial charge in [0.1, 0.15) is 11.1 Å². The molecular weight excluding hydrogens is 408 g/mol. The summed E-state index contributed by atoms with van der Waals surface area (Å²) in [5, 5.41) is 11.7. The van der Waals surface area contributed by atoms with Crippen LogP contribution in [0, 0.1) is 6.92 Å². The summed E-state index contributed by atoms with van der Waals surface area (Å²) in [7, 11) is 1.58. The molecule has 0 saturated carbocycles. The van der Waals surface area contributed by atoms with E-state index in [1.54, 1.807) is 11.7 Å². The molecule has 2 N–H and O–H groups in total. The van der Waals surface area contributed by atoms with Crippen LogP contribution in [0.25, 0.3) is 21.8 Å². The first-order chi connectivity index (χ1) is 15.2. The Balaban J connectivity index is 1.73. The number of amides is 1. The lowest BCUT2D eigenvalue weighted by Crippen LogP contribution is -2.40. The molecule has 2 aromatic heterocycles. The molecule has 3 aromatic rings. The fraction of sp³-hybridized carbons (Fsp3) is 0.542. The van der Waals surface area contributed by atoms with Crippen LogP contribution < -0.4 is 10.9 Å². The normalized spacial score (nSPS) is 15.0. The molecule has 0 saturated heterocycles. The highest BCUT2D eigenvalue weighted by Crippen LogP contribution is 2.30. The third-order valence-corrected chi connectivity index (χ3v) is 6.00. The van der Waals surface area contributed by atoms with E-state index in [1.807, 2.05) is 27.7 Å². The van der Waals surface area contributed by atoms with E-state index in [1.165, 1.54) is 17.5 Å². The van der Waals surface area contributed by atoms with E-state index in [-0.39, 0.29) is 12.1 Å². The summed E-state index contributed by atoms with van der Waals surface area (Å²) in [6, 6.07) is 4.34. The van der Waals surface area contributed by atoms with Gasteiger partial charge in [-0.05, 0) is 76.6 Å². The van der Waals surface area contributed by atoms with Crippen molar-refractivity contribution < 1.29 is 14.3 Å². The summed E-state index contributed by atoms with van der Waals surface area (Å²) in [6.45, 7) is 7.84. The Bertz CT molecular complexity index is 1220. The van der Waals surface area contributed by atoms with E-state index in [2.05, 4.69) is 27.6 Å². The molecule has 1 amide bonds. The SMILES string of the molecule is COC(CNC(=O)OC(C)(C)C)Cn1c(=O)c2c(C)[nH]nc2c2cc3c(cc21)CCCC3. The molecule has 8 heteroatoms. The molecule has 1 aliphatic rings. The van der Waals surface area contributed by atoms with Crippen LogP contribution in [-0.4, -0.2) is 46.2 Å². The standard InChI is InChI=1S/C24H32N4O4/c1-14-20-21(27-26-14)18-10-15-8-6-7-9-16(15)11-19(18)28(22(20)29)13-17(31-5)12-25-23(30)32-24(2,3)4/h10-11,17H,6-9,12-13H2,1-5H3,(H,25,30)(H,26,27). The molecule has 172 valence electrons. The van der Waals surface area contributed by atoms with Crippen LogP contribution >= 0.6 is 0 Å². The Morgan fingerprint density at radius 3 is 2.59 bits per heavy atom. The van der Waals surface area contributed by atoms with Gasteiger partial charge in [0.25, 0.3) is 5.56 Å². The number of hydrogen-bond donors (Lipinski definition) is 2. The molecule has 32 heavy (non-hydrogen) atoms. The number of benzene rings is 1. The number of hydrogen-bond acceptors (Lipinski definition) is 5. The summed E-state index contributed by atoms with van der Waals surface area (Å²) in [5.74, 6) is 0. The van der Waals surface area contributed by atoms with E-state index >= 15 is 0 Å². The zero-order chi connectivity index (χ0) is 23.0. The maximum atomic E-state index is 13.5. The molecular formula is C24H32N4O4. The molecule has 2 heterocycles. The van der Waals surface area contributed by atoms with Crippen LogP contribution in [0.15, 0.2) is 16.9 Å². The highest BCUT2D eigenvalue weighted by molar-refractivity contribution is 6.04. The van der Waals surface area contributed by atoms with Crippen molar-refractivity contribution in [2.45, 2.75) is 71.6 Å². The second kappa shape index (κ2) is 8.58. The Morgan fingerprint density at radius 1 is 1.25 bits per heavy atom. The van der Waals surface area contributed by atoms with Crippen molar-refractivity contribution in [1.82, 2.24) is 20.1 Å². The maximum absolute atomic E-state index is 13.5. The second-order valence-electron chi connectivity index (χ2n) is 9.57. The highest BCUT2D eigenvalue weighted by atomic mass is 16.6. The van der Waals surface area contributed by atoms with Gasteiger partial charge in [-0.25, -0.2) is 4.79 Å². The van der Waals surface area contributed by atoms with Gasteiger partial charge in [-0.3, -0.25) is 9.89 Å². The zero-order valence-electron chi connectivity index (χ0n) is 19.5. The summed E-state index contributed by atoms with van der Waals surface area (Å²) in [5.41, 5.74) is 4.27. The van der Waals surface area contributed by atoms with E-state index < -0.39 is 17.8 Å². The lowest BCUT2D eigenvalue weighted by atomic mass is 9.90. The van der Waals surface area contributed by atoms with Gasteiger partial charge in [-0.1, -0.05) is 0 Å². The molecule has 0 radical (unpaired) electrons. The van der Waals surface area contributed by atoms with Gasteiger partial charge in [0.15, 0.2) is 0 Å². The predicted octanol–water partition coefficient (Wildman–Crippen LogP) is 3.60. The third kappa shape index (κ3) is 4.37. The fourth-order valence-electron chi connectivity index (χ4n) is 4.43. The van der Waals surface area contributed by atoms with Crippen LogP contribution in [-0.2, 0) is 28.9 Å². The highest BCUT2D eigenvalue weighted by Gasteiger charge is 2.22. The van der Waals surface area contributed by atoms with Crippen molar-refractivity contribution in [1.29, 1.82) is 0 Å². The van der Waals surface area contributed by atoms with Gasteiger partial charge in [0.05, 0.1) is 23.6 Å². The summed E-state index contributed by atoms with van der Waals surface area (Å²) < 4.78 is 12.7. The molecule has 1 atom stereocenters. The number of aromatic nitrogens is 3. The Morgan fingerprint density at radius 2 is 1.94 bits per heavy atom. The lowest BCUT2D eigenvalue weighted by molar-refractivity contribution is 0.0437. The summed E-state index contributed by atoms with van der Waals surface area (Å²) in [6.07, 6.45) is 3.51. The number of carbonyl (C=O) groups excluding carboxylic acids is 1. The van der Waals surface area contributed by atoms with E-state index in [0.717, 1.165) is 35.9 Å². The molecule has 1 aliphatic carbocycles. The van der Waals surface area contributed by atoms with Crippen molar-refractivity contribution in [3.63, 3.8) is 0 Å². The van der Waals surface area contributed by atoms with Gasteiger partial charge in [-0.2, -0.15) is 5.10 Å². The molecule has 4 rings (SSSR count). The first-order valence-corrected chi connectivity index (χ1v) is 11.2. The first kappa shape index (κ1) is 22.3. The van der Waals surface area contributed by atoms with Crippen molar-refractivity contribution in [2.75, 3.05) is 13.7 Å². The van der Waals surface area contributed by atoms with E-state index in [0.29, 0.717) is 17.4 Å². The van der Waals surface area contributed by atoms with Crippen molar-refractivity contribution in [3.05, 3.63) is 39.3 Å². The minimum absolute atomic E-state index is 0.103. The number of pyridine rings is 1. The fourth-order valence-corrected chi connectivity index (χ4v) is 4.43. The number of rotatable bonds is 5. The van der Waals surface area contributed by atoms with Crippen LogP contribution in [0.5, 0.6) is 0 Å². The molecule has 0 bridgehead atoms. The quantitative estimate of drug-likeness (QED) is 0.632. The molecule has 8 nitrogen and oxygen atoms in total. The second-order valence-corrected chi connectivity index (χ2v) is 9.57. The number of methoxy groups -OCH3 is 1.